The zero-order valence-electron chi connectivity index (χ0n) is 18.4. The van der Waals surface area contributed by atoms with E-state index in [1.807, 2.05) is 42.5 Å². The van der Waals surface area contributed by atoms with Crippen LogP contribution in [-0.4, -0.2) is 62.8 Å². The van der Waals surface area contributed by atoms with E-state index in [1.165, 1.54) is 0 Å². The van der Waals surface area contributed by atoms with E-state index in [0.29, 0.717) is 19.0 Å². The average molecular weight is 414 g/mol. The summed E-state index contributed by atoms with van der Waals surface area (Å²) in [5, 5.41) is 6.69. The molecule has 30 heavy (non-hydrogen) atoms. The molecule has 0 amide bonds. The van der Waals surface area contributed by atoms with Crippen LogP contribution in [0, 0.1) is 0 Å². The number of benzene rings is 1. The molecule has 0 fully saturated rings. The van der Waals surface area contributed by atoms with Crippen molar-refractivity contribution >= 4 is 5.96 Å². The van der Waals surface area contributed by atoms with Crippen LogP contribution in [0.4, 0.5) is 0 Å². The van der Waals surface area contributed by atoms with Gasteiger partial charge in [-0.25, -0.2) is 9.98 Å². The van der Waals surface area contributed by atoms with Crippen molar-refractivity contribution in [1.29, 1.82) is 0 Å². The molecule has 0 radical (unpaired) electrons. The number of likely N-dealkylation sites (N-methyl/N-ethyl adjacent to an activating group) is 1. The normalized spacial score (nSPS) is 11.5. The van der Waals surface area contributed by atoms with Crippen LogP contribution in [-0.2, 0) is 17.9 Å². The molecule has 2 N–H and O–H groups in total. The summed E-state index contributed by atoms with van der Waals surface area (Å²) in [7, 11) is 3.86. The number of nitrogens with one attached hydrogen (secondary N) is 2. The van der Waals surface area contributed by atoms with Gasteiger partial charge in [-0.05, 0) is 37.6 Å². The van der Waals surface area contributed by atoms with Crippen molar-refractivity contribution in [3.05, 3.63) is 59.8 Å². The fourth-order valence-corrected chi connectivity index (χ4v) is 2.83. The first-order valence-electron chi connectivity index (χ1n) is 10.5. The molecule has 0 aliphatic carbocycles. The molecule has 0 bridgehead atoms. The van der Waals surface area contributed by atoms with Gasteiger partial charge in [0.05, 0.1) is 6.54 Å². The lowest BCUT2D eigenvalue weighted by Gasteiger charge is -2.18. The highest BCUT2D eigenvalue weighted by Crippen LogP contribution is 2.12. The second kappa shape index (κ2) is 14.4. The van der Waals surface area contributed by atoms with Crippen LogP contribution in [0.25, 0.3) is 0 Å². The van der Waals surface area contributed by atoms with Crippen molar-refractivity contribution in [2.45, 2.75) is 26.5 Å². The number of hydrogen-bond acceptors (Lipinski definition) is 5. The zero-order valence-corrected chi connectivity index (χ0v) is 18.4. The minimum absolute atomic E-state index is 0.503. The molecule has 0 atom stereocenters. The molecule has 0 saturated carbocycles. The molecule has 1 aromatic carbocycles. The quantitative estimate of drug-likeness (QED) is 0.299. The van der Waals surface area contributed by atoms with Crippen LogP contribution < -0.4 is 15.4 Å². The maximum absolute atomic E-state index is 5.81. The minimum Gasteiger partial charge on any atom is -0.473 e. The monoisotopic (exact) mass is 413 g/mol. The van der Waals surface area contributed by atoms with E-state index in [-0.39, 0.29) is 0 Å². The lowest BCUT2D eigenvalue weighted by molar-refractivity contribution is 0.180. The van der Waals surface area contributed by atoms with Crippen LogP contribution >= 0.6 is 0 Å². The van der Waals surface area contributed by atoms with Gasteiger partial charge < -0.3 is 25.0 Å². The van der Waals surface area contributed by atoms with Crippen molar-refractivity contribution in [2.75, 3.05) is 46.9 Å². The summed E-state index contributed by atoms with van der Waals surface area (Å²) < 4.78 is 10.9. The predicted octanol–water partition coefficient (Wildman–Crippen LogP) is 2.68. The summed E-state index contributed by atoms with van der Waals surface area (Å²) in [6.07, 6.45) is 2.80. The summed E-state index contributed by atoms with van der Waals surface area (Å²) in [6.45, 7) is 7.54. The Bertz CT molecular complexity index is 739. The summed E-state index contributed by atoms with van der Waals surface area (Å²) in [6, 6.07) is 14.0. The number of methoxy groups -OCH3 is 1. The van der Waals surface area contributed by atoms with Crippen LogP contribution in [0.3, 0.4) is 0 Å². The largest absolute Gasteiger partial charge is 0.473 e. The molecule has 2 aromatic rings. The third-order valence-electron chi connectivity index (χ3n) is 4.47. The van der Waals surface area contributed by atoms with Gasteiger partial charge >= 0.3 is 0 Å². The maximum atomic E-state index is 5.81. The zero-order chi connectivity index (χ0) is 21.4. The highest BCUT2D eigenvalue weighted by atomic mass is 16.5. The number of hydrogen-bond donors (Lipinski definition) is 2. The molecule has 0 aliphatic heterocycles. The van der Waals surface area contributed by atoms with Gasteiger partial charge in [0.15, 0.2) is 5.96 Å². The first-order valence-corrected chi connectivity index (χ1v) is 10.5. The number of rotatable bonds is 13. The Labute approximate surface area is 180 Å². The Morgan fingerprint density at radius 1 is 1.10 bits per heavy atom. The number of guanidine groups is 1. The standard InChI is InChI=1S/C23H35N5O2/c1-4-24-23(26-13-15-28(2)14-8-16-29-3)27-18-21-11-12-25-22(17-21)30-19-20-9-6-5-7-10-20/h5-7,9-12,17H,4,8,13-16,18-19H2,1-3H3,(H2,24,26,27). The van der Waals surface area contributed by atoms with Crippen molar-refractivity contribution in [3.63, 3.8) is 0 Å². The van der Waals surface area contributed by atoms with Gasteiger partial charge in [-0.15, -0.1) is 0 Å². The van der Waals surface area contributed by atoms with Gasteiger partial charge in [0.1, 0.15) is 6.61 Å². The Hall–Kier alpha value is -2.64. The Kier molecular flexibility index (Phi) is 11.3. The smallest absolute Gasteiger partial charge is 0.213 e. The summed E-state index contributed by atoms with van der Waals surface area (Å²) in [5.41, 5.74) is 2.18. The first-order chi connectivity index (χ1) is 14.7. The van der Waals surface area contributed by atoms with E-state index in [0.717, 1.165) is 56.3 Å². The van der Waals surface area contributed by atoms with Crippen LogP contribution in [0.2, 0.25) is 0 Å². The van der Waals surface area contributed by atoms with Crippen molar-refractivity contribution < 1.29 is 9.47 Å². The molecular weight excluding hydrogens is 378 g/mol. The Morgan fingerprint density at radius 2 is 1.93 bits per heavy atom. The van der Waals surface area contributed by atoms with Crippen LogP contribution in [0.1, 0.15) is 24.5 Å². The molecule has 2 rings (SSSR count). The lowest BCUT2D eigenvalue weighted by atomic mass is 10.2. The van der Waals surface area contributed by atoms with Crippen LogP contribution in [0.15, 0.2) is 53.7 Å². The van der Waals surface area contributed by atoms with E-state index in [1.54, 1.807) is 13.3 Å². The second-order valence-electron chi connectivity index (χ2n) is 7.05. The predicted molar refractivity (Wildman–Crippen MR) is 122 cm³/mol. The molecule has 0 unspecified atom stereocenters. The fourth-order valence-electron chi connectivity index (χ4n) is 2.83. The lowest BCUT2D eigenvalue weighted by Crippen LogP contribution is -2.41. The SMILES string of the molecule is CCNC(=NCc1ccnc(OCc2ccccc2)c1)NCCN(C)CCCOC. The number of aromatic nitrogens is 1. The van der Waals surface area contributed by atoms with Crippen molar-refractivity contribution in [3.8, 4) is 5.88 Å². The van der Waals surface area contributed by atoms with E-state index in [9.17, 15) is 0 Å². The first kappa shape index (κ1) is 23.6. The molecule has 1 heterocycles. The second-order valence-corrected chi connectivity index (χ2v) is 7.05. The summed E-state index contributed by atoms with van der Waals surface area (Å²) in [4.78, 5) is 11.3. The van der Waals surface area contributed by atoms with Gasteiger partial charge in [0.25, 0.3) is 0 Å². The average Bonchev–Trinajstić information content (AvgIpc) is 2.77. The third kappa shape index (κ3) is 9.71. The molecule has 164 valence electrons. The highest BCUT2D eigenvalue weighted by molar-refractivity contribution is 5.79. The topological polar surface area (TPSA) is 71.0 Å². The Balaban J connectivity index is 1.81. The fraction of sp³-hybridized carbons (Fsp3) is 0.478. The van der Waals surface area contributed by atoms with Crippen LogP contribution in [0.5, 0.6) is 5.88 Å². The van der Waals surface area contributed by atoms with Gasteiger partial charge in [-0.3, -0.25) is 0 Å². The molecule has 1 aromatic heterocycles. The summed E-state index contributed by atoms with van der Waals surface area (Å²) in [5.74, 6) is 1.42. The third-order valence-corrected chi connectivity index (χ3v) is 4.47. The molecule has 0 spiro atoms. The highest BCUT2D eigenvalue weighted by Gasteiger charge is 2.03. The Morgan fingerprint density at radius 3 is 2.70 bits per heavy atom. The van der Waals surface area contributed by atoms with E-state index in [4.69, 9.17) is 9.47 Å². The van der Waals surface area contributed by atoms with Gasteiger partial charge in [-0.2, -0.15) is 0 Å². The number of aliphatic imine (C=N–C) groups is 1. The van der Waals surface area contributed by atoms with Gasteiger partial charge in [0, 0.05) is 52.2 Å². The number of nitrogens with zero attached hydrogens (tertiary/aromatic N) is 3. The minimum atomic E-state index is 0.503. The molecule has 7 heteroatoms. The van der Waals surface area contributed by atoms with Gasteiger partial charge in [0.2, 0.25) is 5.88 Å². The van der Waals surface area contributed by atoms with Crippen molar-refractivity contribution in [1.82, 2.24) is 20.5 Å². The molecule has 0 aliphatic rings. The number of pyridine rings is 1. The van der Waals surface area contributed by atoms with Gasteiger partial charge in [-0.1, -0.05) is 30.3 Å². The van der Waals surface area contributed by atoms with E-state index < -0.39 is 0 Å². The van der Waals surface area contributed by atoms with Crippen molar-refractivity contribution in [2.24, 2.45) is 4.99 Å². The number of ether oxygens (including phenoxy) is 2. The molecule has 7 nitrogen and oxygen atoms in total. The van der Waals surface area contributed by atoms with E-state index in [2.05, 4.69) is 39.5 Å². The molecule has 0 saturated heterocycles. The maximum Gasteiger partial charge on any atom is 0.213 e. The van der Waals surface area contributed by atoms with E-state index >= 15 is 0 Å². The summed E-state index contributed by atoms with van der Waals surface area (Å²) >= 11 is 0. The molecular formula is C23H35N5O2.